The highest BCUT2D eigenvalue weighted by molar-refractivity contribution is 5.67. The molecular weight excluding hydrogens is 284 g/mol. The van der Waals surface area contributed by atoms with Gasteiger partial charge in [-0.3, -0.25) is 4.79 Å². The fraction of sp³-hybridized carbons (Fsp3) is 0.381. The molecule has 2 heteroatoms. The van der Waals surface area contributed by atoms with Crippen molar-refractivity contribution >= 4 is 5.97 Å². The summed E-state index contributed by atoms with van der Waals surface area (Å²) in [4.78, 5) is 11.2. The Labute approximate surface area is 139 Å². The smallest absolute Gasteiger partial charge is 0.303 e. The summed E-state index contributed by atoms with van der Waals surface area (Å²) in [5.74, 6) is -0.746. The highest BCUT2D eigenvalue weighted by Crippen LogP contribution is 2.38. The maximum atomic E-state index is 11.2. The van der Waals surface area contributed by atoms with Gasteiger partial charge in [0.2, 0.25) is 0 Å². The summed E-state index contributed by atoms with van der Waals surface area (Å²) in [6, 6.07) is 12.9. The number of benzene rings is 2. The molecule has 2 nitrogen and oxygen atoms in total. The minimum absolute atomic E-state index is 0.163. The summed E-state index contributed by atoms with van der Waals surface area (Å²) in [5, 5.41) is 9.17. The average molecular weight is 310 g/mol. The van der Waals surface area contributed by atoms with Crippen molar-refractivity contribution in [3.63, 3.8) is 0 Å². The van der Waals surface area contributed by atoms with E-state index in [1.807, 2.05) is 0 Å². The van der Waals surface area contributed by atoms with Gasteiger partial charge in [0.25, 0.3) is 0 Å². The lowest BCUT2D eigenvalue weighted by molar-refractivity contribution is -0.137. The van der Waals surface area contributed by atoms with Crippen LogP contribution in [-0.2, 0) is 10.2 Å². The standard InChI is InChI=1S/C21H26O2/c1-14-6-8-18(12-16(14)3)21(5,11-10-20(22)23)19-9-7-15(2)17(4)13-19/h6-9,12-13H,10-11H2,1-5H3,(H,22,23). The highest BCUT2D eigenvalue weighted by atomic mass is 16.4. The van der Waals surface area contributed by atoms with Crippen molar-refractivity contribution in [2.24, 2.45) is 0 Å². The molecular formula is C21H26O2. The Bertz CT molecular complexity index is 677. The van der Waals surface area contributed by atoms with Crippen LogP contribution in [0.25, 0.3) is 0 Å². The topological polar surface area (TPSA) is 37.3 Å². The molecule has 0 aliphatic rings. The average Bonchev–Trinajstić information content (AvgIpc) is 2.50. The van der Waals surface area contributed by atoms with Gasteiger partial charge in [-0.2, -0.15) is 0 Å². The molecule has 0 atom stereocenters. The summed E-state index contributed by atoms with van der Waals surface area (Å²) < 4.78 is 0. The van der Waals surface area contributed by atoms with E-state index in [1.54, 1.807) is 0 Å². The molecule has 0 heterocycles. The van der Waals surface area contributed by atoms with Crippen molar-refractivity contribution in [3.8, 4) is 0 Å². The van der Waals surface area contributed by atoms with Gasteiger partial charge in [0.1, 0.15) is 0 Å². The first-order valence-corrected chi connectivity index (χ1v) is 8.11. The molecule has 0 radical (unpaired) electrons. The van der Waals surface area contributed by atoms with Crippen LogP contribution >= 0.6 is 0 Å². The van der Waals surface area contributed by atoms with Crippen molar-refractivity contribution in [3.05, 3.63) is 69.8 Å². The minimum Gasteiger partial charge on any atom is -0.481 e. The van der Waals surface area contributed by atoms with Crippen LogP contribution in [0.1, 0.15) is 53.1 Å². The predicted molar refractivity (Wildman–Crippen MR) is 95.2 cm³/mol. The molecule has 0 aliphatic heterocycles. The number of hydrogen-bond donors (Lipinski definition) is 1. The fourth-order valence-corrected chi connectivity index (χ4v) is 2.98. The van der Waals surface area contributed by atoms with Gasteiger partial charge in [0.15, 0.2) is 0 Å². The second kappa shape index (κ2) is 6.57. The van der Waals surface area contributed by atoms with Gasteiger partial charge in [-0.15, -0.1) is 0 Å². The Morgan fingerprint density at radius 3 is 1.65 bits per heavy atom. The fourth-order valence-electron chi connectivity index (χ4n) is 2.98. The van der Waals surface area contributed by atoms with Crippen LogP contribution < -0.4 is 0 Å². The molecule has 23 heavy (non-hydrogen) atoms. The third kappa shape index (κ3) is 3.64. The molecule has 2 aromatic rings. The number of rotatable bonds is 5. The van der Waals surface area contributed by atoms with Gasteiger partial charge in [0, 0.05) is 11.8 Å². The lowest BCUT2D eigenvalue weighted by Crippen LogP contribution is -2.25. The zero-order valence-electron chi connectivity index (χ0n) is 14.7. The van der Waals surface area contributed by atoms with E-state index in [4.69, 9.17) is 5.11 Å². The van der Waals surface area contributed by atoms with Crippen LogP contribution in [0.2, 0.25) is 0 Å². The first-order valence-electron chi connectivity index (χ1n) is 8.11. The van der Waals surface area contributed by atoms with Crippen molar-refractivity contribution in [1.82, 2.24) is 0 Å². The Balaban J connectivity index is 2.56. The Hall–Kier alpha value is -2.09. The number of carboxylic acid groups (broad SMARTS) is 1. The number of carboxylic acids is 1. The number of carbonyl (C=O) groups is 1. The lowest BCUT2D eigenvalue weighted by Gasteiger charge is -2.32. The molecule has 0 amide bonds. The SMILES string of the molecule is Cc1ccc(C(C)(CCC(=O)O)c2ccc(C)c(C)c2)cc1C. The van der Waals surface area contributed by atoms with E-state index in [0.29, 0.717) is 6.42 Å². The summed E-state index contributed by atoms with van der Waals surface area (Å²) in [5.41, 5.74) is 7.08. The first-order chi connectivity index (χ1) is 10.7. The van der Waals surface area contributed by atoms with Gasteiger partial charge in [-0.1, -0.05) is 43.3 Å². The summed E-state index contributed by atoms with van der Waals surface area (Å²) in [6.07, 6.45) is 0.754. The van der Waals surface area contributed by atoms with Crippen molar-refractivity contribution < 1.29 is 9.90 Å². The van der Waals surface area contributed by atoms with Crippen molar-refractivity contribution in [2.75, 3.05) is 0 Å². The molecule has 2 aromatic carbocycles. The van der Waals surface area contributed by atoms with Crippen molar-refractivity contribution in [2.45, 2.75) is 52.9 Å². The molecule has 0 unspecified atom stereocenters. The molecule has 0 bridgehead atoms. The first kappa shape index (κ1) is 17.3. The minimum atomic E-state index is -0.746. The monoisotopic (exact) mass is 310 g/mol. The van der Waals surface area contributed by atoms with Crippen LogP contribution in [-0.4, -0.2) is 11.1 Å². The maximum absolute atomic E-state index is 11.2. The molecule has 0 spiro atoms. The Kier molecular flexibility index (Phi) is 4.93. The number of aryl methyl sites for hydroxylation is 4. The van der Waals surface area contributed by atoms with E-state index in [9.17, 15) is 4.79 Å². The number of aliphatic carboxylic acids is 1. The van der Waals surface area contributed by atoms with E-state index < -0.39 is 5.97 Å². The van der Waals surface area contributed by atoms with Gasteiger partial charge < -0.3 is 5.11 Å². The molecule has 0 aromatic heterocycles. The van der Waals surface area contributed by atoms with E-state index in [1.165, 1.54) is 33.4 Å². The summed E-state index contributed by atoms with van der Waals surface area (Å²) in [7, 11) is 0. The zero-order valence-corrected chi connectivity index (χ0v) is 14.7. The van der Waals surface area contributed by atoms with E-state index in [-0.39, 0.29) is 11.8 Å². The van der Waals surface area contributed by atoms with Crippen LogP contribution in [0, 0.1) is 27.7 Å². The summed E-state index contributed by atoms with van der Waals surface area (Å²) >= 11 is 0. The maximum Gasteiger partial charge on any atom is 0.303 e. The number of hydrogen-bond acceptors (Lipinski definition) is 1. The van der Waals surface area contributed by atoms with Crippen LogP contribution in [0.15, 0.2) is 36.4 Å². The third-order valence-electron chi connectivity index (χ3n) is 5.13. The zero-order chi connectivity index (χ0) is 17.2. The normalized spacial score (nSPS) is 11.5. The molecule has 0 saturated heterocycles. The highest BCUT2D eigenvalue weighted by Gasteiger charge is 2.30. The second-order valence-corrected chi connectivity index (χ2v) is 6.82. The van der Waals surface area contributed by atoms with Gasteiger partial charge in [-0.05, 0) is 67.5 Å². The van der Waals surface area contributed by atoms with Crippen molar-refractivity contribution in [1.29, 1.82) is 0 Å². The van der Waals surface area contributed by atoms with Crippen LogP contribution in [0.4, 0.5) is 0 Å². The quantitative estimate of drug-likeness (QED) is 0.835. The molecule has 2 rings (SSSR count). The van der Waals surface area contributed by atoms with Crippen LogP contribution in [0.3, 0.4) is 0 Å². The lowest BCUT2D eigenvalue weighted by atomic mass is 9.72. The molecule has 0 aliphatic carbocycles. The predicted octanol–water partition coefficient (Wildman–Crippen LogP) is 5.09. The van der Waals surface area contributed by atoms with Gasteiger partial charge >= 0.3 is 5.97 Å². The van der Waals surface area contributed by atoms with E-state index in [2.05, 4.69) is 71.0 Å². The largest absolute Gasteiger partial charge is 0.481 e. The van der Waals surface area contributed by atoms with Gasteiger partial charge in [-0.25, -0.2) is 0 Å². The van der Waals surface area contributed by atoms with Gasteiger partial charge in [0.05, 0.1) is 0 Å². The molecule has 0 fully saturated rings. The van der Waals surface area contributed by atoms with E-state index >= 15 is 0 Å². The molecule has 0 saturated carbocycles. The Morgan fingerprint density at radius 2 is 1.30 bits per heavy atom. The third-order valence-corrected chi connectivity index (χ3v) is 5.13. The van der Waals surface area contributed by atoms with Crippen LogP contribution in [0.5, 0.6) is 0 Å². The summed E-state index contributed by atoms with van der Waals surface area (Å²) in [6.45, 7) is 10.6. The van der Waals surface area contributed by atoms with E-state index in [0.717, 1.165) is 0 Å². The second-order valence-electron chi connectivity index (χ2n) is 6.82. The Morgan fingerprint density at radius 1 is 0.870 bits per heavy atom. The molecule has 1 N–H and O–H groups in total. The molecule has 122 valence electrons.